The zero-order valence-corrected chi connectivity index (χ0v) is 16.7. The molecular formula is C19H24N2O4S2. The number of nitrogens with one attached hydrogen (secondary N) is 2. The van der Waals surface area contributed by atoms with Gasteiger partial charge in [-0.25, -0.2) is 13.1 Å². The molecule has 6 nitrogen and oxygen atoms in total. The van der Waals surface area contributed by atoms with E-state index in [4.69, 9.17) is 4.74 Å². The molecule has 0 aliphatic carbocycles. The standard InChI is InChI=1S/C19H24N2O4S2/c22-19(20-11-9-16-3-1-13-25-16)15-5-7-18(8-6-15)27(23,24)21-12-10-17-4-2-14-26-17/h2,4-8,14,16,21H,1,3,9-13H2,(H,20,22). The van der Waals surface area contributed by atoms with Crippen LogP contribution in [0, 0.1) is 0 Å². The number of amides is 1. The van der Waals surface area contributed by atoms with E-state index >= 15 is 0 Å². The summed E-state index contributed by atoms with van der Waals surface area (Å²) >= 11 is 1.60. The minimum absolute atomic E-state index is 0.157. The molecule has 0 bridgehead atoms. The first-order chi connectivity index (χ1) is 13.0. The summed E-state index contributed by atoms with van der Waals surface area (Å²) in [6.07, 6.45) is 3.81. The van der Waals surface area contributed by atoms with Gasteiger partial charge in [0.25, 0.3) is 5.91 Å². The van der Waals surface area contributed by atoms with Crippen molar-refractivity contribution in [1.82, 2.24) is 10.0 Å². The Balaban J connectivity index is 1.48. The van der Waals surface area contributed by atoms with Crippen LogP contribution in [-0.4, -0.2) is 40.1 Å². The molecule has 1 aliphatic heterocycles. The van der Waals surface area contributed by atoms with Gasteiger partial charge in [0, 0.05) is 30.1 Å². The highest BCUT2D eigenvalue weighted by Gasteiger charge is 2.17. The molecule has 3 rings (SSSR count). The molecule has 1 amide bonds. The van der Waals surface area contributed by atoms with E-state index in [9.17, 15) is 13.2 Å². The third-order valence-corrected chi connectivity index (χ3v) is 6.86. The summed E-state index contributed by atoms with van der Waals surface area (Å²) in [5, 5.41) is 4.82. The van der Waals surface area contributed by atoms with Gasteiger partial charge in [-0.05, 0) is 61.4 Å². The highest BCUT2D eigenvalue weighted by atomic mass is 32.2. The number of thiophene rings is 1. The molecule has 2 aromatic rings. The lowest BCUT2D eigenvalue weighted by Gasteiger charge is -2.10. The maximum absolute atomic E-state index is 12.3. The Morgan fingerprint density at radius 1 is 1.19 bits per heavy atom. The van der Waals surface area contributed by atoms with Crippen LogP contribution >= 0.6 is 11.3 Å². The second kappa shape index (κ2) is 9.45. The van der Waals surface area contributed by atoms with Gasteiger partial charge in [-0.15, -0.1) is 11.3 Å². The lowest BCUT2D eigenvalue weighted by molar-refractivity contribution is 0.0907. The largest absolute Gasteiger partial charge is 0.378 e. The van der Waals surface area contributed by atoms with E-state index in [0.717, 1.165) is 30.7 Å². The van der Waals surface area contributed by atoms with Gasteiger partial charge in [-0.2, -0.15) is 0 Å². The molecule has 1 fully saturated rings. The topological polar surface area (TPSA) is 84.5 Å². The van der Waals surface area contributed by atoms with E-state index < -0.39 is 10.0 Å². The summed E-state index contributed by atoms with van der Waals surface area (Å²) in [5.41, 5.74) is 0.444. The fourth-order valence-electron chi connectivity index (χ4n) is 2.95. The summed E-state index contributed by atoms with van der Waals surface area (Å²) in [6.45, 7) is 1.69. The summed E-state index contributed by atoms with van der Waals surface area (Å²) in [7, 11) is -3.58. The molecule has 8 heteroatoms. The van der Waals surface area contributed by atoms with E-state index in [-0.39, 0.29) is 16.9 Å². The van der Waals surface area contributed by atoms with Gasteiger partial charge >= 0.3 is 0 Å². The van der Waals surface area contributed by atoms with Gasteiger partial charge in [0.2, 0.25) is 10.0 Å². The highest BCUT2D eigenvalue weighted by molar-refractivity contribution is 7.89. The Hall–Kier alpha value is -1.74. The first-order valence-electron chi connectivity index (χ1n) is 9.06. The number of hydrogen-bond acceptors (Lipinski definition) is 5. The van der Waals surface area contributed by atoms with Crippen molar-refractivity contribution in [2.75, 3.05) is 19.7 Å². The summed E-state index contributed by atoms with van der Waals surface area (Å²) in [4.78, 5) is 13.5. The van der Waals surface area contributed by atoms with Crippen molar-refractivity contribution < 1.29 is 17.9 Å². The minimum Gasteiger partial charge on any atom is -0.378 e. The number of hydrogen-bond donors (Lipinski definition) is 2. The predicted molar refractivity (Wildman–Crippen MR) is 106 cm³/mol. The van der Waals surface area contributed by atoms with Crippen molar-refractivity contribution in [2.24, 2.45) is 0 Å². The van der Waals surface area contributed by atoms with Crippen LogP contribution in [0.1, 0.15) is 34.5 Å². The van der Waals surface area contributed by atoms with Crippen molar-refractivity contribution in [1.29, 1.82) is 0 Å². The average Bonchev–Trinajstić information content (AvgIpc) is 3.36. The molecule has 0 spiro atoms. The van der Waals surface area contributed by atoms with E-state index in [0.29, 0.717) is 25.1 Å². The fourth-order valence-corrected chi connectivity index (χ4v) is 4.69. The van der Waals surface area contributed by atoms with Gasteiger partial charge in [0.1, 0.15) is 0 Å². The quantitative estimate of drug-likeness (QED) is 0.668. The second-order valence-electron chi connectivity index (χ2n) is 6.43. The SMILES string of the molecule is O=C(NCCC1CCCO1)c1ccc(S(=O)(=O)NCCc2cccs2)cc1. The van der Waals surface area contributed by atoms with E-state index in [1.54, 1.807) is 11.3 Å². The molecule has 1 unspecified atom stereocenters. The monoisotopic (exact) mass is 408 g/mol. The lowest BCUT2D eigenvalue weighted by atomic mass is 10.1. The Kier molecular flexibility index (Phi) is 7.01. The van der Waals surface area contributed by atoms with Crippen LogP contribution in [0.2, 0.25) is 0 Å². The number of ether oxygens (including phenoxy) is 1. The molecule has 0 radical (unpaired) electrons. The predicted octanol–water partition coefficient (Wildman–Crippen LogP) is 2.57. The molecule has 1 atom stereocenters. The molecular weight excluding hydrogens is 384 g/mol. The lowest BCUT2D eigenvalue weighted by Crippen LogP contribution is -2.27. The van der Waals surface area contributed by atoms with Crippen LogP contribution in [0.5, 0.6) is 0 Å². The molecule has 2 N–H and O–H groups in total. The maximum atomic E-state index is 12.3. The first kappa shape index (κ1) is 20.0. The van der Waals surface area contributed by atoms with Crippen LogP contribution in [0.3, 0.4) is 0 Å². The van der Waals surface area contributed by atoms with E-state index in [1.165, 1.54) is 24.3 Å². The molecule has 27 heavy (non-hydrogen) atoms. The number of sulfonamides is 1. The number of carbonyl (C=O) groups is 1. The van der Waals surface area contributed by atoms with Crippen molar-refractivity contribution in [2.45, 2.75) is 36.7 Å². The molecule has 0 saturated carbocycles. The molecule has 1 aliphatic rings. The van der Waals surface area contributed by atoms with Gasteiger partial charge in [0.15, 0.2) is 0 Å². The van der Waals surface area contributed by atoms with Crippen LogP contribution < -0.4 is 10.0 Å². The van der Waals surface area contributed by atoms with Crippen LogP contribution in [0.25, 0.3) is 0 Å². The summed E-state index contributed by atoms with van der Waals surface area (Å²) in [6, 6.07) is 9.92. The average molecular weight is 409 g/mol. The minimum atomic E-state index is -3.58. The summed E-state index contributed by atoms with van der Waals surface area (Å²) < 4.78 is 32.8. The Labute approximate surface area is 164 Å². The second-order valence-corrected chi connectivity index (χ2v) is 9.23. The molecule has 1 aromatic carbocycles. The van der Waals surface area contributed by atoms with Crippen LogP contribution in [0.4, 0.5) is 0 Å². The third kappa shape index (κ3) is 5.87. The Morgan fingerprint density at radius 3 is 2.67 bits per heavy atom. The summed E-state index contributed by atoms with van der Waals surface area (Å²) in [5.74, 6) is -0.206. The zero-order valence-electron chi connectivity index (χ0n) is 15.0. The number of benzene rings is 1. The molecule has 2 heterocycles. The Morgan fingerprint density at radius 2 is 2.00 bits per heavy atom. The highest BCUT2D eigenvalue weighted by Crippen LogP contribution is 2.15. The van der Waals surface area contributed by atoms with Crippen LogP contribution in [-0.2, 0) is 21.2 Å². The fraction of sp³-hybridized carbons (Fsp3) is 0.421. The Bertz CT molecular complexity index is 827. The van der Waals surface area contributed by atoms with Crippen molar-refractivity contribution in [3.63, 3.8) is 0 Å². The van der Waals surface area contributed by atoms with E-state index in [1.807, 2.05) is 17.5 Å². The van der Waals surface area contributed by atoms with E-state index in [2.05, 4.69) is 10.0 Å². The molecule has 1 saturated heterocycles. The van der Waals surface area contributed by atoms with Gasteiger partial charge < -0.3 is 10.1 Å². The van der Waals surface area contributed by atoms with Crippen molar-refractivity contribution >= 4 is 27.3 Å². The third-order valence-electron chi connectivity index (χ3n) is 4.45. The molecule has 1 aromatic heterocycles. The first-order valence-corrected chi connectivity index (χ1v) is 11.4. The van der Waals surface area contributed by atoms with Crippen LogP contribution in [0.15, 0.2) is 46.7 Å². The number of rotatable bonds is 9. The molecule has 146 valence electrons. The van der Waals surface area contributed by atoms with Crippen molar-refractivity contribution in [3.8, 4) is 0 Å². The van der Waals surface area contributed by atoms with Gasteiger partial charge in [-0.1, -0.05) is 6.07 Å². The van der Waals surface area contributed by atoms with Crippen molar-refractivity contribution in [3.05, 3.63) is 52.2 Å². The van der Waals surface area contributed by atoms with Gasteiger partial charge in [-0.3, -0.25) is 4.79 Å². The maximum Gasteiger partial charge on any atom is 0.251 e. The number of carbonyl (C=O) groups excluding carboxylic acids is 1. The smallest absolute Gasteiger partial charge is 0.251 e. The van der Waals surface area contributed by atoms with Gasteiger partial charge in [0.05, 0.1) is 11.0 Å². The zero-order chi connectivity index (χ0) is 19.1. The normalized spacial score (nSPS) is 17.1.